The van der Waals surface area contributed by atoms with Crippen LogP contribution in [-0.4, -0.2) is 49.7 Å². The van der Waals surface area contributed by atoms with Gasteiger partial charge in [-0.15, -0.1) is 0 Å². The third-order valence-electron chi connectivity index (χ3n) is 5.40. The molecule has 2 aliphatic rings. The van der Waals surface area contributed by atoms with Crippen molar-refractivity contribution in [1.82, 2.24) is 9.21 Å². The van der Waals surface area contributed by atoms with E-state index in [1.165, 1.54) is 4.31 Å². The van der Waals surface area contributed by atoms with Crippen LogP contribution < -0.4 is 0 Å². The van der Waals surface area contributed by atoms with Gasteiger partial charge in [0.2, 0.25) is 15.9 Å². The Morgan fingerprint density at radius 1 is 1.04 bits per heavy atom. The third-order valence-corrected chi connectivity index (χ3v) is 8.13. The first-order valence-corrected chi connectivity index (χ1v) is 11.8. The van der Waals surface area contributed by atoms with Gasteiger partial charge in [0.05, 0.1) is 4.90 Å². The minimum absolute atomic E-state index is 0.0480. The molecule has 0 N–H and O–H groups in total. The number of amides is 1. The van der Waals surface area contributed by atoms with Crippen LogP contribution in [0.15, 0.2) is 57.9 Å². The molecule has 2 atom stereocenters. The van der Waals surface area contributed by atoms with Gasteiger partial charge in [0.25, 0.3) is 0 Å². The fourth-order valence-electron chi connectivity index (χ4n) is 3.75. The van der Waals surface area contributed by atoms with E-state index in [1.54, 1.807) is 29.2 Å². The summed E-state index contributed by atoms with van der Waals surface area (Å²) in [5.74, 6) is 0.224. The Bertz CT molecular complexity index is 1010. The standard InChI is InChI=1S/C20H20BrClN2O3S/c21-14-4-3-5-15(12-14)28(26,27)24-10-8-23(9-11-24)20(25)18-13-17(18)16-6-1-2-7-19(16)22/h1-7,12,17-18H,8-11,13H2. The number of sulfonamides is 1. The Morgan fingerprint density at radius 3 is 2.43 bits per heavy atom. The van der Waals surface area contributed by atoms with Crippen molar-refractivity contribution in [3.63, 3.8) is 0 Å². The van der Waals surface area contributed by atoms with E-state index in [-0.39, 0.29) is 22.6 Å². The van der Waals surface area contributed by atoms with Gasteiger partial charge in [0.1, 0.15) is 0 Å². The summed E-state index contributed by atoms with van der Waals surface area (Å²) in [5, 5.41) is 0.702. The van der Waals surface area contributed by atoms with E-state index in [9.17, 15) is 13.2 Å². The molecular weight excluding hydrogens is 464 g/mol. The summed E-state index contributed by atoms with van der Waals surface area (Å²) in [7, 11) is -3.55. The van der Waals surface area contributed by atoms with E-state index in [2.05, 4.69) is 15.9 Å². The van der Waals surface area contributed by atoms with Crippen molar-refractivity contribution in [2.45, 2.75) is 17.2 Å². The number of benzene rings is 2. The van der Waals surface area contributed by atoms with Crippen LogP contribution in [0, 0.1) is 5.92 Å². The summed E-state index contributed by atoms with van der Waals surface area (Å²) in [6, 6.07) is 14.3. The molecule has 4 rings (SSSR count). The van der Waals surface area contributed by atoms with Crippen molar-refractivity contribution in [3.8, 4) is 0 Å². The lowest BCUT2D eigenvalue weighted by atomic mass is 10.1. The van der Waals surface area contributed by atoms with Gasteiger partial charge < -0.3 is 4.90 Å². The highest BCUT2D eigenvalue weighted by atomic mass is 79.9. The smallest absolute Gasteiger partial charge is 0.243 e. The Labute approximate surface area is 178 Å². The van der Waals surface area contributed by atoms with Gasteiger partial charge in [-0.05, 0) is 42.2 Å². The minimum Gasteiger partial charge on any atom is -0.340 e. The monoisotopic (exact) mass is 482 g/mol. The first-order valence-electron chi connectivity index (χ1n) is 9.17. The predicted molar refractivity (Wildman–Crippen MR) is 112 cm³/mol. The second-order valence-electron chi connectivity index (χ2n) is 7.16. The first kappa shape index (κ1) is 19.9. The average Bonchev–Trinajstić information content (AvgIpc) is 3.48. The molecule has 0 spiro atoms. The number of halogens is 2. The van der Waals surface area contributed by atoms with Crippen molar-refractivity contribution in [3.05, 3.63) is 63.6 Å². The fraction of sp³-hybridized carbons (Fsp3) is 0.350. The van der Waals surface area contributed by atoms with Crippen LogP contribution in [-0.2, 0) is 14.8 Å². The van der Waals surface area contributed by atoms with Crippen molar-refractivity contribution < 1.29 is 13.2 Å². The Kier molecular flexibility index (Phi) is 5.53. The first-order chi connectivity index (χ1) is 13.4. The second-order valence-corrected chi connectivity index (χ2v) is 10.4. The fourth-order valence-corrected chi connectivity index (χ4v) is 6.04. The largest absolute Gasteiger partial charge is 0.340 e. The van der Waals surface area contributed by atoms with Gasteiger partial charge in [-0.1, -0.05) is 51.8 Å². The highest BCUT2D eigenvalue weighted by molar-refractivity contribution is 9.10. The molecule has 0 bridgehead atoms. The molecule has 2 unspecified atom stereocenters. The van der Waals surface area contributed by atoms with Crippen molar-refractivity contribution in [2.75, 3.05) is 26.2 Å². The minimum atomic E-state index is -3.55. The average molecular weight is 484 g/mol. The Balaban J connectivity index is 1.38. The lowest BCUT2D eigenvalue weighted by molar-refractivity contribution is -0.133. The predicted octanol–water partition coefficient (Wildman–Crippen LogP) is 3.74. The molecule has 1 saturated carbocycles. The maximum Gasteiger partial charge on any atom is 0.243 e. The number of nitrogens with zero attached hydrogens (tertiary/aromatic N) is 2. The number of hydrogen-bond acceptors (Lipinski definition) is 3. The van der Waals surface area contributed by atoms with E-state index in [1.807, 2.05) is 24.3 Å². The number of carbonyl (C=O) groups excluding carboxylic acids is 1. The van der Waals surface area contributed by atoms with Gasteiger partial charge in [0, 0.05) is 41.6 Å². The Morgan fingerprint density at radius 2 is 1.75 bits per heavy atom. The molecule has 2 fully saturated rings. The maximum atomic E-state index is 12.8. The lowest BCUT2D eigenvalue weighted by Crippen LogP contribution is -2.51. The SMILES string of the molecule is O=C(C1CC1c1ccccc1Cl)N1CCN(S(=O)(=O)c2cccc(Br)c2)CC1. The summed E-state index contributed by atoms with van der Waals surface area (Å²) < 4.78 is 27.8. The van der Waals surface area contributed by atoms with Gasteiger partial charge in [-0.2, -0.15) is 4.31 Å². The van der Waals surface area contributed by atoms with Crippen LogP contribution >= 0.6 is 27.5 Å². The molecule has 1 heterocycles. The van der Waals surface area contributed by atoms with Crippen LogP contribution in [0.3, 0.4) is 0 Å². The molecule has 28 heavy (non-hydrogen) atoms. The maximum absolute atomic E-state index is 12.8. The summed E-state index contributed by atoms with van der Waals surface area (Å²) >= 11 is 9.57. The van der Waals surface area contributed by atoms with Crippen LogP contribution in [0.5, 0.6) is 0 Å². The zero-order chi connectivity index (χ0) is 19.9. The number of rotatable bonds is 4. The molecule has 0 aromatic heterocycles. The topological polar surface area (TPSA) is 57.7 Å². The van der Waals surface area contributed by atoms with E-state index in [0.717, 1.165) is 16.5 Å². The molecule has 1 amide bonds. The van der Waals surface area contributed by atoms with Gasteiger partial charge in [-0.25, -0.2) is 8.42 Å². The normalized spacial score (nSPS) is 22.9. The zero-order valence-corrected chi connectivity index (χ0v) is 18.3. The van der Waals surface area contributed by atoms with Crippen LogP contribution in [0.4, 0.5) is 0 Å². The summed E-state index contributed by atoms with van der Waals surface area (Å²) in [6.45, 7) is 1.45. The molecule has 148 valence electrons. The van der Waals surface area contributed by atoms with Crippen molar-refractivity contribution in [2.24, 2.45) is 5.92 Å². The van der Waals surface area contributed by atoms with Crippen molar-refractivity contribution >= 4 is 43.5 Å². The molecule has 2 aromatic rings. The molecule has 0 radical (unpaired) electrons. The molecule has 8 heteroatoms. The molecule has 1 saturated heterocycles. The number of carbonyl (C=O) groups is 1. The Hall–Kier alpha value is -1.41. The van der Waals surface area contributed by atoms with E-state index in [4.69, 9.17) is 11.6 Å². The zero-order valence-electron chi connectivity index (χ0n) is 15.1. The number of hydrogen-bond donors (Lipinski definition) is 0. The van der Waals surface area contributed by atoms with Crippen LogP contribution in [0.1, 0.15) is 17.9 Å². The molecule has 1 aliphatic carbocycles. The molecular formula is C20H20BrClN2O3S. The van der Waals surface area contributed by atoms with Gasteiger partial charge in [-0.3, -0.25) is 4.79 Å². The lowest BCUT2D eigenvalue weighted by Gasteiger charge is -2.34. The molecule has 1 aliphatic heterocycles. The summed E-state index contributed by atoms with van der Waals surface area (Å²) in [4.78, 5) is 14.9. The van der Waals surface area contributed by atoms with Gasteiger partial charge >= 0.3 is 0 Å². The summed E-state index contributed by atoms with van der Waals surface area (Å²) in [6.07, 6.45) is 0.805. The number of piperazine rings is 1. The highest BCUT2D eigenvalue weighted by Crippen LogP contribution is 2.50. The van der Waals surface area contributed by atoms with Crippen molar-refractivity contribution in [1.29, 1.82) is 0 Å². The molecule has 2 aromatic carbocycles. The highest BCUT2D eigenvalue weighted by Gasteiger charge is 2.47. The van der Waals surface area contributed by atoms with E-state index >= 15 is 0 Å². The second kappa shape index (κ2) is 7.78. The summed E-state index contributed by atoms with van der Waals surface area (Å²) in [5.41, 5.74) is 1.03. The van der Waals surface area contributed by atoms with E-state index in [0.29, 0.717) is 31.2 Å². The van der Waals surface area contributed by atoms with Gasteiger partial charge in [0.15, 0.2) is 0 Å². The third kappa shape index (κ3) is 3.85. The quantitative estimate of drug-likeness (QED) is 0.666. The van der Waals surface area contributed by atoms with E-state index < -0.39 is 10.0 Å². The van der Waals surface area contributed by atoms with Crippen LogP contribution in [0.2, 0.25) is 5.02 Å². The van der Waals surface area contributed by atoms with Crippen LogP contribution in [0.25, 0.3) is 0 Å². The molecule has 5 nitrogen and oxygen atoms in total.